The number of hydrogen-bond acceptors (Lipinski definition) is 2. The fraction of sp³-hybridized carbons (Fsp3) is 0.333. The Morgan fingerprint density at radius 1 is 1.09 bits per heavy atom. The Labute approximate surface area is 129 Å². The number of nitrogens with two attached hydrogens (primary N) is 1. The van der Waals surface area contributed by atoms with Crippen LogP contribution >= 0.6 is 0 Å². The van der Waals surface area contributed by atoms with E-state index in [1.807, 2.05) is 18.2 Å². The fourth-order valence-corrected chi connectivity index (χ4v) is 3.22. The molecule has 1 saturated heterocycles. The first-order valence-corrected chi connectivity index (χ1v) is 7.60. The average Bonchev–Trinajstić information content (AvgIpc) is 2.51. The number of likely N-dealkylation sites (tertiary alicyclic amines) is 1. The van der Waals surface area contributed by atoms with Crippen molar-refractivity contribution in [2.75, 3.05) is 13.1 Å². The first-order valence-electron chi connectivity index (χ1n) is 7.60. The molecule has 3 rings (SSSR count). The van der Waals surface area contributed by atoms with Crippen LogP contribution in [0.25, 0.3) is 0 Å². The average molecular weight is 302 g/mol. The van der Waals surface area contributed by atoms with Gasteiger partial charge in [0.1, 0.15) is 11.6 Å². The highest BCUT2D eigenvalue weighted by molar-refractivity contribution is 5.25. The summed E-state index contributed by atoms with van der Waals surface area (Å²) in [7, 11) is 0. The number of nitrogens with zero attached hydrogens (tertiary/aromatic N) is 1. The quantitative estimate of drug-likeness (QED) is 0.943. The van der Waals surface area contributed by atoms with Gasteiger partial charge in [-0.1, -0.05) is 30.3 Å². The summed E-state index contributed by atoms with van der Waals surface area (Å²) in [6.45, 7) is 2.37. The van der Waals surface area contributed by atoms with Gasteiger partial charge in [-0.2, -0.15) is 0 Å². The van der Waals surface area contributed by atoms with Crippen molar-refractivity contribution in [2.45, 2.75) is 24.9 Å². The topological polar surface area (TPSA) is 29.3 Å². The van der Waals surface area contributed by atoms with Crippen LogP contribution < -0.4 is 5.73 Å². The van der Waals surface area contributed by atoms with Gasteiger partial charge in [0.15, 0.2) is 0 Å². The Hall–Kier alpha value is -1.78. The lowest BCUT2D eigenvalue weighted by Crippen LogP contribution is -2.47. The molecule has 2 N–H and O–H groups in total. The third kappa shape index (κ3) is 3.34. The molecule has 2 atom stereocenters. The SMILES string of the molecule is N[C@H]1CN(Cc2ccccc2)CC[C@@H]1c1cc(F)ccc1F. The van der Waals surface area contributed by atoms with E-state index in [1.165, 1.54) is 17.7 Å². The summed E-state index contributed by atoms with van der Waals surface area (Å²) in [5, 5.41) is 0. The monoisotopic (exact) mass is 302 g/mol. The molecule has 116 valence electrons. The molecule has 0 saturated carbocycles. The van der Waals surface area contributed by atoms with Crippen LogP contribution in [0, 0.1) is 11.6 Å². The molecule has 2 aromatic carbocycles. The maximum Gasteiger partial charge on any atom is 0.126 e. The summed E-state index contributed by atoms with van der Waals surface area (Å²) < 4.78 is 27.3. The molecular weight excluding hydrogens is 282 g/mol. The highest BCUT2D eigenvalue weighted by Crippen LogP contribution is 2.30. The summed E-state index contributed by atoms with van der Waals surface area (Å²) in [5.41, 5.74) is 7.89. The molecule has 2 nitrogen and oxygen atoms in total. The molecule has 0 amide bonds. The second-order valence-corrected chi connectivity index (χ2v) is 5.95. The van der Waals surface area contributed by atoms with E-state index in [1.54, 1.807) is 0 Å². The van der Waals surface area contributed by atoms with Gasteiger partial charge in [-0.3, -0.25) is 4.90 Å². The first kappa shape index (κ1) is 15.1. The zero-order valence-corrected chi connectivity index (χ0v) is 12.4. The van der Waals surface area contributed by atoms with E-state index < -0.39 is 5.82 Å². The van der Waals surface area contributed by atoms with Crippen LogP contribution in [-0.2, 0) is 6.54 Å². The number of piperidine rings is 1. The summed E-state index contributed by atoms with van der Waals surface area (Å²) in [6.07, 6.45) is 0.744. The zero-order chi connectivity index (χ0) is 15.5. The van der Waals surface area contributed by atoms with E-state index in [-0.39, 0.29) is 17.8 Å². The van der Waals surface area contributed by atoms with E-state index in [4.69, 9.17) is 5.73 Å². The van der Waals surface area contributed by atoms with Crippen LogP contribution in [-0.4, -0.2) is 24.0 Å². The molecular formula is C18H20F2N2. The number of rotatable bonds is 3. The minimum Gasteiger partial charge on any atom is -0.326 e. The highest BCUT2D eigenvalue weighted by atomic mass is 19.1. The van der Waals surface area contributed by atoms with Crippen molar-refractivity contribution in [1.29, 1.82) is 0 Å². The summed E-state index contributed by atoms with van der Waals surface area (Å²) in [5.74, 6) is -0.892. The highest BCUT2D eigenvalue weighted by Gasteiger charge is 2.29. The maximum atomic E-state index is 13.9. The van der Waals surface area contributed by atoms with Gasteiger partial charge in [-0.05, 0) is 42.3 Å². The number of halogens is 2. The Balaban J connectivity index is 1.68. The first-order chi connectivity index (χ1) is 10.6. The largest absolute Gasteiger partial charge is 0.326 e. The van der Waals surface area contributed by atoms with Crippen LogP contribution in [0.3, 0.4) is 0 Å². The van der Waals surface area contributed by atoms with Gasteiger partial charge in [0.2, 0.25) is 0 Å². The smallest absolute Gasteiger partial charge is 0.126 e. The third-order valence-electron chi connectivity index (χ3n) is 4.35. The van der Waals surface area contributed by atoms with Crippen molar-refractivity contribution in [3.05, 3.63) is 71.3 Å². The minimum atomic E-state index is -0.407. The molecule has 0 aromatic heterocycles. The van der Waals surface area contributed by atoms with Crippen molar-refractivity contribution >= 4 is 0 Å². The third-order valence-corrected chi connectivity index (χ3v) is 4.35. The summed E-state index contributed by atoms with van der Waals surface area (Å²) in [6, 6.07) is 13.6. The van der Waals surface area contributed by atoms with Gasteiger partial charge < -0.3 is 5.73 Å². The van der Waals surface area contributed by atoms with Gasteiger partial charge in [-0.25, -0.2) is 8.78 Å². The van der Waals surface area contributed by atoms with E-state index in [0.29, 0.717) is 12.1 Å². The molecule has 2 aromatic rings. The van der Waals surface area contributed by atoms with E-state index in [2.05, 4.69) is 17.0 Å². The zero-order valence-electron chi connectivity index (χ0n) is 12.4. The molecule has 0 bridgehead atoms. The van der Waals surface area contributed by atoms with Crippen LogP contribution in [0.15, 0.2) is 48.5 Å². The van der Waals surface area contributed by atoms with Crippen LogP contribution in [0.1, 0.15) is 23.5 Å². The maximum absolute atomic E-state index is 13.9. The Bertz CT molecular complexity index is 630. The lowest BCUT2D eigenvalue weighted by Gasteiger charge is -2.37. The van der Waals surface area contributed by atoms with Gasteiger partial charge in [0.05, 0.1) is 0 Å². The molecule has 0 spiro atoms. The normalized spacial score (nSPS) is 22.7. The second-order valence-electron chi connectivity index (χ2n) is 5.95. The van der Waals surface area contributed by atoms with Gasteiger partial charge in [0.25, 0.3) is 0 Å². The second kappa shape index (κ2) is 6.55. The lowest BCUT2D eigenvalue weighted by atomic mass is 9.85. The summed E-state index contributed by atoms with van der Waals surface area (Å²) >= 11 is 0. The molecule has 1 aliphatic heterocycles. The molecule has 0 radical (unpaired) electrons. The van der Waals surface area contributed by atoms with Gasteiger partial charge in [-0.15, -0.1) is 0 Å². The van der Waals surface area contributed by atoms with E-state index in [0.717, 1.165) is 25.6 Å². The van der Waals surface area contributed by atoms with Gasteiger partial charge >= 0.3 is 0 Å². The number of hydrogen-bond donors (Lipinski definition) is 1. The van der Waals surface area contributed by atoms with Crippen LogP contribution in [0.5, 0.6) is 0 Å². The Morgan fingerprint density at radius 2 is 1.86 bits per heavy atom. The van der Waals surface area contributed by atoms with E-state index in [9.17, 15) is 8.78 Å². The van der Waals surface area contributed by atoms with Crippen molar-refractivity contribution in [2.24, 2.45) is 5.73 Å². The Morgan fingerprint density at radius 3 is 2.59 bits per heavy atom. The molecule has 1 aliphatic rings. The minimum absolute atomic E-state index is 0.122. The van der Waals surface area contributed by atoms with Crippen LogP contribution in [0.4, 0.5) is 8.78 Å². The van der Waals surface area contributed by atoms with Crippen molar-refractivity contribution in [1.82, 2.24) is 4.90 Å². The molecule has 22 heavy (non-hydrogen) atoms. The number of benzene rings is 2. The molecule has 0 aliphatic carbocycles. The molecule has 0 unspecified atom stereocenters. The molecule has 4 heteroatoms. The Kier molecular flexibility index (Phi) is 4.50. The lowest BCUT2D eigenvalue weighted by molar-refractivity contribution is 0.182. The summed E-state index contributed by atoms with van der Waals surface area (Å²) in [4.78, 5) is 2.27. The predicted molar refractivity (Wildman–Crippen MR) is 83.4 cm³/mol. The van der Waals surface area contributed by atoms with Crippen molar-refractivity contribution in [3.8, 4) is 0 Å². The van der Waals surface area contributed by atoms with Crippen molar-refractivity contribution in [3.63, 3.8) is 0 Å². The van der Waals surface area contributed by atoms with Crippen molar-refractivity contribution < 1.29 is 8.78 Å². The van der Waals surface area contributed by atoms with E-state index >= 15 is 0 Å². The van der Waals surface area contributed by atoms with Gasteiger partial charge in [0, 0.05) is 25.0 Å². The standard InChI is InChI=1S/C18H20F2N2/c19-14-6-7-17(20)16(10-14)15-8-9-22(12-18(15)21)11-13-4-2-1-3-5-13/h1-7,10,15,18H,8-9,11-12,21H2/t15-,18+/m1/s1. The fourth-order valence-electron chi connectivity index (χ4n) is 3.22. The molecule has 1 fully saturated rings. The molecule has 1 heterocycles. The van der Waals surface area contributed by atoms with Crippen LogP contribution in [0.2, 0.25) is 0 Å². The predicted octanol–water partition coefficient (Wildman–Crippen LogP) is 3.28.